The third-order valence-corrected chi connectivity index (χ3v) is 24.8. The van der Waals surface area contributed by atoms with E-state index in [1.54, 1.807) is 72.4 Å². The zero-order valence-corrected chi connectivity index (χ0v) is 75.8. The summed E-state index contributed by atoms with van der Waals surface area (Å²) < 4.78 is 31.0. The van der Waals surface area contributed by atoms with Gasteiger partial charge in [0.25, 0.3) is 0 Å². The maximum atomic E-state index is 12.0. The summed E-state index contributed by atoms with van der Waals surface area (Å²) in [5.41, 5.74) is 2.71. The average molecular weight is 1740 g/mol. The molecular weight excluding hydrogens is 1580 g/mol. The normalized spacial score (nSPS) is 21.6. The average Bonchev–Trinajstić information content (AvgIpc) is 0.877. The number of hydrogen-bond donors (Lipinski definition) is 17. The highest BCUT2D eigenvalue weighted by Crippen LogP contribution is 2.38. The van der Waals surface area contributed by atoms with Crippen LogP contribution in [0.3, 0.4) is 0 Å². The van der Waals surface area contributed by atoms with E-state index in [1.165, 1.54) is 30.4 Å². The number of nitrogens with one attached hydrogen (secondary N) is 1. The first-order valence-corrected chi connectivity index (χ1v) is 44.6. The van der Waals surface area contributed by atoms with Crippen molar-refractivity contribution in [3.05, 3.63) is 114 Å². The minimum absolute atomic E-state index is 0.0124. The van der Waals surface area contributed by atoms with Crippen molar-refractivity contribution in [2.75, 3.05) is 77.1 Å². The van der Waals surface area contributed by atoms with Gasteiger partial charge in [-0.05, 0) is 229 Å². The zero-order chi connectivity index (χ0) is 91.5. The topological polar surface area (TPSA) is 459 Å². The number of thioether (sulfide) groups is 1. The molecule has 3 aliphatic rings. The Morgan fingerprint density at radius 1 is 0.430 bits per heavy atom. The van der Waals surface area contributed by atoms with Crippen molar-refractivity contribution in [1.29, 1.82) is 0 Å². The summed E-state index contributed by atoms with van der Waals surface area (Å²) in [6.45, 7) is 30.9. The molecule has 0 aromatic heterocycles. The van der Waals surface area contributed by atoms with Crippen molar-refractivity contribution in [2.45, 2.75) is 298 Å². The van der Waals surface area contributed by atoms with Crippen LogP contribution in [0.1, 0.15) is 247 Å². The SMILES string of the molecule is CCC(C)(C)C(=O)Nc1ccc(OCC(O)CO)cc1.CCC(C)(C)C(=O)Oc1ccc(OCC(O)CO)cc1.CCC(C)C1CCC(O)C(O)C1.CCC(C)C1CCC(OC(=O)C(O)CO)C(O)C1.CCC(C)C1CCC(SCC(O)CO)C(O)C1.CCC(C)c1ccc(C(=O)OCC(O)CO)cc1.CCC(C)c1ccc(OCC(O)CO)cc1. The Hall–Kier alpha value is -6.13. The van der Waals surface area contributed by atoms with Crippen LogP contribution in [0, 0.1) is 46.3 Å². The second-order valence-electron chi connectivity index (χ2n) is 33.5. The van der Waals surface area contributed by atoms with Crippen LogP contribution < -0.4 is 24.3 Å². The van der Waals surface area contributed by atoms with Crippen LogP contribution >= 0.6 is 11.8 Å². The molecule has 28 heteroatoms. The molecule has 121 heavy (non-hydrogen) atoms. The fourth-order valence-electron chi connectivity index (χ4n) is 12.4. The molecule has 0 radical (unpaired) electrons. The molecule has 3 fully saturated rings. The first kappa shape index (κ1) is 113. The summed E-state index contributed by atoms with van der Waals surface area (Å²) in [6, 6.07) is 28.6. The third-order valence-electron chi connectivity index (χ3n) is 23.2. The van der Waals surface area contributed by atoms with Gasteiger partial charge in [-0.15, -0.1) is 0 Å². The van der Waals surface area contributed by atoms with Gasteiger partial charge >= 0.3 is 17.9 Å². The number of amides is 1. The van der Waals surface area contributed by atoms with Gasteiger partial charge in [-0.3, -0.25) is 9.59 Å². The molecule has 0 heterocycles. The fraction of sp³-hybridized carbons (Fsp3) is 0.699. The highest BCUT2D eigenvalue weighted by molar-refractivity contribution is 8.00. The van der Waals surface area contributed by atoms with Crippen molar-refractivity contribution < 1.29 is 129 Å². The smallest absolute Gasteiger partial charge is 0.338 e. The third kappa shape index (κ3) is 45.0. The molecule has 3 aliphatic carbocycles. The molecule has 17 N–H and O–H groups in total. The summed E-state index contributed by atoms with van der Waals surface area (Å²) in [7, 11) is 0. The Labute approximate surface area is 725 Å². The number of aliphatic hydroxyl groups is 16. The maximum Gasteiger partial charge on any atom is 0.338 e. The number of carbonyl (C=O) groups excluding carboxylic acids is 4. The summed E-state index contributed by atoms with van der Waals surface area (Å²) in [6.07, 6.45) is 6.73. The fourth-order valence-corrected chi connectivity index (χ4v) is 13.6. The number of rotatable bonds is 39. The Morgan fingerprint density at radius 3 is 1.20 bits per heavy atom. The quantitative estimate of drug-likeness (QED) is 0.0146. The van der Waals surface area contributed by atoms with Gasteiger partial charge in [-0.1, -0.05) is 140 Å². The standard InChI is InChI=1S/C15H23NO4.C15H22O5.C14H20O4.C13H24O5.C13H26O3S.C13H20O3.C10H20O2/c1-4-15(2,3)14(19)16-11-5-7-13(8-6-11)20-10-12(18)9-17;1-4-15(2,3)14(18)20-13-7-5-12(6-8-13)19-10-11(17)9-16;1-3-10(2)11-4-6-12(7-5-11)14(17)18-9-13(16)8-15;1-3-8(2)9-4-5-12(10(15)6-9)18-13(17)11(16)7-14;1-3-9(2)10-4-5-13(12(16)6-10)17-8-11(15)7-14;1-3-10(2)11-4-6-13(7-5-11)16-9-12(15)8-14;1-3-7(2)8-4-5-9(11)10(12)6-8/h5-8,12,17-18H,4,9-10H2,1-3H3,(H,16,19);5-8,11,16-17H,4,9-10H2,1-3H3;4-7,10,13,15-16H,3,8-9H2,1-2H3;8-12,14-16H,3-7H2,1-2H3;9-16H,3-8H2,1-2H3;4-7,10,12,14-15H,3,8-9H2,1-2H3;7-12H,3-6H2,1-2H3. The lowest BCUT2D eigenvalue weighted by Gasteiger charge is -2.35. The number of carbonyl (C=O) groups is 4. The molecule has 694 valence electrons. The molecule has 20 atom stereocenters. The molecule has 4 aromatic carbocycles. The lowest BCUT2D eigenvalue weighted by molar-refractivity contribution is -0.170. The molecule has 4 aromatic rings. The van der Waals surface area contributed by atoms with E-state index in [0.29, 0.717) is 101 Å². The van der Waals surface area contributed by atoms with Crippen LogP contribution in [0.5, 0.6) is 23.0 Å². The van der Waals surface area contributed by atoms with Crippen molar-refractivity contribution in [1.82, 2.24) is 0 Å². The molecule has 7 rings (SSSR count). The van der Waals surface area contributed by atoms with Gasteiger partial charge in [0.2, 0.25) is 5.91 Å². The maximum absolute atomic E-state index is 12.0. The highest BCUT2D eigenvalue weighted by Gasteiger charge is 2.36. The van der Waals surface area contributed by atoms with Crippen molar-refractivity contribution in [3.63, 3.8) is 0 Å². The number of benzene rings is 4. The van der Waals surface area contributed by atoms with Crippen LogP contribution in [0.15, 0.2) is 97.1 Å². The number of esters is 3. The van der Waals surface area contributed by atoms with Crippen molar-refractivity contribution >= 4 is 41.3 Å². The van der Waals surface area contributed by atoms with E-state index in [9.17, 15) is 49.8 Å². The largest absolute Gasteiger partial charge is 0.491 e. The molecule has 20 unspecified atom stereocenters. The number of aliphatic hydroxyl groups excluding tert-OH is 16. The summed E-state index contributed by atoms with van der Waals surface area (Å²) in [5.74, 6) is 5.84. The molecule has 1 amide bonds. The predicted molar refractivity (Wildman–Crippen MR) is 471 cm³/mol. The van der Waals surface area contributed by atoms with E-state index >= 15 is 0 Å². The van der Waals surface area contributed by atoms with E-state index in [-0.39, 0.29) is 76.1 Å². The number of anilines is 1. The van der Waals surface area contributed by atoms with E-state index in [2.05, 4.69) is 74.6 Å². The van der Waals surface area contributed by atoms with Crippen LogP contribution in [0.2, 0.25) is 0 Å². The Balaban J connectivity index is 0.000000709. The van der Waals surface area contributed by atoms with Crippen molar-refractivity contribution in [3.8, 4) is 23.0 Å². The number of hydrogen-bond acceptors (Lipinski definition) is 27. The van der Waals surface area contributed by atoms with Crippen LogP contribution in [-0.2, 0) is 23.9 Å². The Morgan fingerprint density at radius 2 is 0.810 bits per heavy atom. The second-order valence-corrected chi connectivity index (χ2v) is 34.8. The highest BCUT2D eigenvalue weighted by atomic mass is 32.2. The first-order valence-electron chi connectivity index (χ1n) is 43.5. The zero-order valence-electron chi connectivity index (χ0n) is 75.0. The van der Waals surface area contributed by atoms with Gasteiger partial charge < -0.3 is 115 Å². The molecule has 0 spiro atoms. The molecular formula is C93H155NO26S. The Bertz CT molecular complexity index is 3250. The van der Waals surface area contributed by atoms with Crippen LogP contribution in [-0.4, -0.2) is 250 Å². The minimum Gasteiger partial charge on any atom is -0.491 e. The molecule has 0 saturated heterocycles. The van der Waals surface area contributed by atoms with E-state index in [0.717, 1.165) is 70.0 Å². The van der Waals surface area contributed by atoms with Crippen molar-refractivity contribution in [2.24, 2.45) is 46.3 Å². The van der Waals surface area contributed by atoms with Gasteiger partial charge in [0.15, 0.2) is 6.10 Å². The van der Waals surface area contributed by atoms with Crippen LogP contribution in [0.25, 0.3) is 0 Å². The minimum atomic E-state index is -1.51. The van der Waals surface area contributed by atoms with E-state index in [1.807, 2.05) is 77.9 Å². The molecule has 27 nitrogen and oxygen atoms in total. The lowest BCUT2D eigenvalue weighted by Crippen LogP contribution is -2.41. The van der Waals surface area contributed by atoms with Gasteiger partial charge in [-0.2, -0.15) is 11.8 Å². The Kier molecular flexibility index (Phi) is 57.9. The van der Waals surface area contributed by atoms with Gasteiger partial charge in [0.05, 0.1) is 81.1 Å². The van der Waals surface area contributed by atoms with Gasteiger partial charge in [-0.25, -0.2) is 9.59 Å². The van der Waals surface area contributed by atoms with Gasteiger partial charge in [0, 0.05) is 22.1 Å². The first-order chi connectivity index (χ1) is 57.2. The van der Waals surface area contributed by atoms with E-state index in [4.69, 9.17) is 79.5 Å². The summed E-state index contributed by atoms with van der Waals surface area (Å²) >= 11 is 1.60. The molecule has 0 aliphatic heterocycles. The molecule has 0 bridgehead atoms. The predicted octanol–water partition coefficient (Wildman–Crippen LogP) is 10.9. The summed E-state index contributed by atoms with van der Waals surface area (Å²) in [5, 5.41) is 149. The summed E-state index contributed by atoms with van der Waals surface area (Å²) in [4.78, 5) is 46.8. The lowest BCUT2D eigenvalue weighted by atomic mass is 9.77. The second kappa shape index (κ2) is 62.1. The van der Waals surface area contributed by atoms with Crippen LogP contribution in [0.4, 0.5) is 5.69 Å². The molecule has 3 saturated carbocycles. The monoisotopic (exact) mass is 1730 g/mol. The number of ether oxygens (including phenoxy) is 6. The van der Waals surface area contributed by atoms with Gasteiger partial charge in [0.1, 0.15) is 79.9 Å². The van der Waals surface area contributed by atoms with E-state index < -0.39 is 97.0 Å².